The van der Waals surface area contributed by atoms with Crippen LogP contribution in [0.2, 0.25) is 13.6 Å². The first-order valence-corrected chi connectivity index (χ1v) is 7.47. The molecule has 1 aliphatic rings. The summed E-state index contributed by atoms with van der Waals surface area (Å²) in [5.41, 5.74) is 0. The Hall–Kier alpha value is -1.24. The Labute approximate surface area is 122 Å². The molecule has 1 radical (unpaired) electrons. The van der Waals surface area contributed by atoms with Crippen LogP contribution >= 0.6 is 0 Å². The first kappa shape index (κ1) is 22.9. The molecule has 0 aliphatic heterocycles. The van der Waals surface area contributed by atoms with Crippen molar-refractivity contribution in [3.05, 3.63) is 60.7 Å². The topological polar surface area (TPSA) is 0 Å². The molecule has 0 bridgehead atoms. The van der Waals surface area contributed by atoms with Crippen LogP contribution in [0.1, 0.15) is 40.5 Å². The zero-order valence-corrected chi connectivity index (χ0v) is 13.8. The van der Waals surface area contributed by atoms with Gasteiger partial charge in [0.05, 0.1) is 0 Å². The molecule has 1 aromatic rings. The molecule has 2 rings (SSSR count). The molecule has 0 heterocycles. The Kier molecular flexibility index (Phi) is 36.3. The molecule has 0 nitrogen and oxygen atoms in total. The number of hydrogen-bond acceptors (Lipinski definition) is 0. The van der Waals surface area contributed by atoms with Gasteiger partial charge in [-0.2, -0.15) is 0 Å². The van der Waals surface area contributed by atoms with Crippen LogP contribution < -0.4 is 0 Å². The predicted octanol–water partition coefficient (Wildman–Crippen LogP) is 6.42. The maximum atomic E-state index is 2.18. The lowest BCUT2D eigenvalue weighted by Crippen LogP contribution is -1.67. The third-order valence-electron chi connectivity index (χ3n) is 1.55. The van der Waals surface area contributed by atoms with Gasteiger partial charge in [-0.05, 0) is 12.8 Å². The van der Waals surface area contributed by atoms with Crippen molar-refractivity contribution < 1.29 is 0 Å². The fourth-order valence-electron chi connectivity index (χ4n) is 0.927. The van der Waals surface area contributed by atoms with Crippen molar-refractivity contribution in [2.24, 2.45) is 0 Å². The molecule has 0 saturated carbocycles. The summed E-state index contributed by atoms with van der Waals surface area (Å²) in [6.45, 7) is 12.0. The third kappa shape index (κ3) is 31.5. The molecular formula is C18H32B. The van der Waals surface area contributed by atoms with Crippen LogP contribution in [-0.2, 0) is 0 Å². The van der Waals surface area contributed by atoms with E-state index in [1.165, 1.54) is 12.8 Å². The first-order valence-electron chi connectivity index (χ1n) is 7.47. The second-order valence-electron chi connectivity index (χ2n) is 3.17. The van der Waals surface area contributed by atoms with Crippen molar-refractivity contribution >= 4 is 7.28 Å². The number of benzene rings is 1. The molecular weight excluding hydrogens is 227 g/mol. The lowest BCUT2D eigenvalue weighted by Gasteiger charge is -1.88. The zero-order chi connectivity index (χ0) is 15.2. The summed E-state index contributed by atoms with van der Waals surface area (Å²) in [7, 11) is 2.00. The molecule has 1 aromatic carbocycles. The normalized spacial score (nSPS) is 9.79. The molecule has 0 amide bonds. The summed E-state index contributed by atoms with van der Waals surface area (Å²) in [5.74, 6) is 0. The van der Waals surface area contributed by atoms with Gasteiger partial charge in [0.25, 0.3) is 0 Å². The standard InChI is InChI=1S/C6H8.C6H6.C2H6B.2C2H6/c2*1-2-4-6-5-3-1;1-3-2;2*1-2/h1-4H,5-6H2;1-6H;1-2H3;2*1-2H3. The smallest absolute Gasteiger partial charge is 0.0922 e. The lowest BCUT2D eigenvalue weighted by atomic mass is 9.88. The third-order valence-corrected chi connectivity index (χ3v) is 1.55. The van der Waals surface area contributed by atoms with E-state index >= 15 is 0 Å². The minimum Gasteiger partial charge on any atom is -0.0922 e. The van der Waals surface area contributed by atoms with E-state index in [4.69, 9.17) is 0 Å². The van der Waals surface area contributed by atoms with Gasteiger partial charge >= 0.3 is 0 Å². The van der Waals surface area contributed by atoms with E-state index in [0.29, 0.717) is 0 Å². The van der Waals surface area contributed by atoms with E-state index in [1.54, 1.807) is 0 Å². The van der Waals surface area contributed by atoms with Gasteiger partial charge in [0, 0.05) is 0 Å². The molecule has 0 unspecified atom stereocenters. The average Bonchev–Trinajstić information content (AvgIpc) is 2.56. The molecule has 0 atom stereocenters. The predicted molar refractivity (Wildman–Crippen MR) is 94.1 cm³/mol. The minimum atomic E-state index is 1.23. The number of rotatable bonds is 0. The summed E-state index contributed by atoms with van der Waals surface area (Å²) in [4.78, 5) is 0. The van der Waals surface area contributed by atoms with Crippen molar-refractivity contribution in [1.29, 1.82) is 0 Å². The van der Waals surface area contributed by atoms with Crippen LogP contribution in [0.5, 0.6) is 0 Å². The summed E-state index contributed by atoms with van der Waals surface area (Å²) >= 11 is 0. The van der Waals surface area contributed by atoms with Gasteiger partial charge in [-0.15, -0.1) is 0 Å². The maximum absolute atomic E-state index is 2.18. The largest absolute Gasteiger partial charge is 0.102 e. The van der Waals surface area contributed by atoms with E-state index in [9.17, 15) is 0 Å². The Morgan fingerprint density at radius 3 is 0.895 bits per heavy atom. The van der Waals surface area contributed by atoms with E-state index in [1.807, 2.05) is 85.0 Å². The fourth-order valence-corrected chi connectivity index (χ4v) is 0.927. The van der Waals surface area contributed by atoms with Crippen LogP contribution in [0.3, 0.4) is 0 Å². The van der Waals surface area contributed by atoms with Gasteiger partial charge in [0.2, 0.25) is 0 Å². The molecule has 0 aromatic heterocycles. The molecule has 0 spiro atoms. The highest BCUT2D eigenvalue weighted by atomic mass is 13.8. The Bertz CT molecular complexity index is 211. The second kappa shape index (κ2) is 30.1. The number of hydrogen-bond donors (Lipinski definition) is 0. The molecule has 107 valence electrons. The van der Waals surface area contributed by atoms with E-state index < -0.39 is 0 Å². The van der Waals surface area contributed by atoms with E-state index in [0.717, 1.165) is 0 Å². The second-order valence-corrected chi connectivity index (χ2v) is 3.17. The zero-order valence-electron chi connectivity index (χ0n) is 13.8. The Balaban J connectivity index is -0.000000187. The summed E-state index contributed by atoms with van der Waals surface area (Å²) < 4.78 is 0. The summed E-state index contributed by atoms with van der Waals surface area (Å²) in [6.07, 6.45) is 11.0. The van der Waals surface area contributed by atoms with Crippen molar-refractivity contribution in [2.75, 3.05) is 0 Å². The lowest BCUT2D eigenvalue weighted by molar-refractivity contribution is 1.04. The van der Waals surface area contributed by atoms with E-state index in [-0.39, 0.29) is 0 Å². The van der Waals surface area contributed by atoms with Gasteiger partial charge in [0.1, 0.15) is 7.28 Å². The monoisotopic (exact) mass is 259 g/mol. The number of allylic oxidation sites excluding steroid dienone is 4. The summed E-state index contributed by atoms with van der Waals surface area (Å²) in [6, 6.07) is 12.0. The Morgan fingerprint density at radius 2 is 0.789 bits per heavy atom. The van der Waals surface area contributed by atoms with Crippen molar-refractivity contribution in [2.45, 2.75) is 54.2 Å². The summed E-state index contributed by atoms with van der Waals surface area (Å²) in [5, 5.41) is 0. The van der Waals surface area contributed by atoms with Gasteiger partial charge in [-0.3, -0.25) is 0 Å². The van der Waals surface area contributed by atoms with Crippen LogP contribution in [0.15, 0.2) is 60.7 Å². The molecule has 19 heavy (non-hydrogen) atoms. The molecule has 1 aliphatic carbocycles. The van der Waals surface area contributed by atoms with Crippen LogP contribution in [-0.4, -0.2) is 7.28 Å². The molecule has 0 N–H and O–H groups in total. The highest BCUT2D eigenvalue weighted by Crippen LogP contribution is 1.98. The van der Waals surface area contributed by atoms with Gasteiger partial charge in [0.15, 0.2) is 0 Å². The fraction of sp³-hybridized carbons (Fsp3) is 0.444. The van der Waals surface area contributed by atoms with Crippen molar-refractivity contribution in [3.63, 3.8) is 0 Å². The van der Waals surface area contributed by atoms with Crippen LogP contribution in [0.25, 0.3) is 0 Å². The minimum absolute atomic E-state index is 1.23. The highest BCUT2D eigenvalue weighted by Gasteiger charge is 1.77. The molecule has 0 saturated heterocycles. The van der Waals surface area contributed by atoms with Crippen LogP contribution in [0, 0.1) is 0 Å². The van der Waals surface area contributed by atoms with E-state index in [2.05, 4.69) is 24.3 Å². The average molecular weight is 259 g/mol. The van der Waals surface area contributed by atoms with Crippen molar-refractivity contribution in [3.8, 4) is 0 Å². The van der Waals surface area contributed by atoms with Gasteiger partial charge in [-0.1, -0.05) is 102 Å². The highest BCUT2D eigenvalue weighted by molar-refractivity contribution is 6.31. The van der Waals surface area contributed by atoms with Crippen LogP contribution in [0.4, 0.5) is 0 Å². The quantitative estimate of drug-likeness (QED) is 0.471. The van der Waals surface area contributed by atoms with Gasteiger partial charge < -0.3 is 0 Å². The molecule has 0 fully saturated rings. The van der Waals surface area contributed by atoms with Gasteiger partial charge in [-0.25, -0.2) is 0 Å². The Morgan fingerprint density at radius 1 is 0.579 bits per heavy atom. The van der Waals surface area contributed by atoms with Crippen molar-refractivity contribution in [1.82, 2.24) is 0 Å². The molecule has 1 heteroatoms. The maximum Gasteiger partial charge on any atom is 0.102 e. The SMILES string of the molecule is C1=CCCC=C1.CC.CC.C[B]C.c1ccccc1. The first-order chi connectivity index (χ1) is 9.41.